The SMILES string of the molecule is CCC1CNNC1C1CCN(C(=O)c2c(C)[nH]c(C(C)=O)c2C)CC1. The first kappa shape index (κ1) is 18.1. The van der Waals surface area contributed by atoms with Gasteiger partial charge in [-0.1, -0.05) is 13.3 Å². The fourth-order valence-electron chi connectivity index (χ4n) is 4.50. The van der Waals surface area contributed by atoms with Crippen LogP contribution in [0.1, 0.15) is 65.2 Å². The first-order chi connectivity index (χ1) is 11.9. The molecule has 1 amide bonds. The molecule has 0 aliphatic carbocycles. The molecule has 0 radical (unpaired) electrons. The number of aromatic nitrogens is 1. The second-order valence-corrected chi connectivity index (χ2v) is 7.53. The number of hydrazine groups is 1. The fourth-order valence-corrected chi connectivity index (χ4v) is 4.50. The minimum atomic E-state index is -0.0243. The van der Waals surface area contributed by atoms with E-state index in [0.717, 1.165) is 43.7 Å². The Bertz CT molecular complexity index is 659. The lowest BCUT2D eigenvalue weighted by Crippen LogP contribution is -2.46. The third-order valence-electron chi connectivity index (χ3n) is 6.00. The van der Waals surface area contributed by atoms with E-state index >= 15 is 0 Å². The molecule has 3 heterocycles. The van der Waals surface area contributed by atoms with Gasteiger partial charge in [-0.15, -0.1) is 0 Å². The monoisotopic (exact) mass is 346 g/mol. The molecule has 138 valence electrons. The maximum absolute atomic E-state index is 13.0. The van der Waals surface area contributed by atoms with Gasteiger partial charge in [0.15, 0.2) is 5.78 Å². The summed E-state index contributed by atoms with van der Waals surface area (Å²) in [6, 6.07) is 0.516. The number of Topliss-reactive ketones (excluding diaryl/α,β-unsaturated/α-hetero) is 1. The molecular weight excluding hydrogens is 316 g/mol. The molecule has 2 saturated heterocycles. The highest BCUT2D eigenvalue weighted by molar-refractivity contribution is 6.02. The van der Waals surface area contributed by atoms with Crippen molar-refractivity contribution in [2.75, 3.05) is 19.6 Å². The van der Waals surface area contributed by atoms with E-state index in [4.69, 9.17) is 0 Å². The number of H-pyrrole nitrogens is 1. The zero-order chi connectivity index (χ0) is 18.1. The quantitative estimate of drug-likeness (QED) is 0.731. The van der Waals surface area contributed by atoms with Crippen molar-refractivity contribution in [1.82, 2.24) is 20.7 Å². The van der Waals surface area contributed by atoms with Crippen molar-refractivity contribution in [2.45, 2.75) is 53.0 Å². The van der Waals surface area contributed by atoms with Gasteiger partial charge in [-0.2, -0.15) is 0 Å². The summed E-state index contributed by atoms with van der Waals surface area (Å²) in [5.41, 5.74) is 9.54. The zero-order valence-corrected chi connectivity index (χ0v) is 15.7. The molecule has 0 bridgehead atoms. The largest absolute Gasteiger partial charge is 0.355 e. The maximum Gasteiger partial charge on any atom is 0.255 e. The van der Waals surface area contributed by atoms with Crippen LogP contribution in [0.3, 0.4) is 0 Å². The van der Waals surface area contributed by atoms with Gasteiger partial charge in [0, 0.05) is 38.3 Å². The van der Waals surface area contributed by atoms with Crippen LogP contribution in [0, 0.1) is 25.7 Å². The third kappa shape index (κ3) is 3.37. The number of aromatic amines is 1. The molecule has 1 aromatic rings. The van der Waals surface area contributed by atoms with E-state index in [1.807, 2.05) is 18.7 Å². The summed E-state index contributed by atoms with van der Waals surface area (Å²) in [7, 11) is 0. The van der Waals surface area contributed by atoms with Crippen LogP contribution in [0.15, 0.2) is 0 Å². The van der Waals surface area contributed by atoms with E-state index in [1.165, 1.54) is 13.3 Å². The van der Waals surface area contributed by atoms with E-state index in [9.17, 15) is 9.59 Å². The van der Waals surface area contributed by atoms with Gasteiger partial charge in [-0.3, -0.25) is 20.4 Å². The lowest BCUT2D eigenvalue weighted by atomic mass is 9.82. The predicted molar refractivity (Wildman–Crippen MR) is 97.6 cm³/mol. The molecule has 3 rings (SSSR count). The first-order valence-electron chi connectivity index (χ1n) is 9.41. The summed E-state index contributed by atoms with van der Waals surface area (Å²) in [5.74, 6) is 1.33. The van der Waals surface area contributed by atoms with Crippen LogP contribution in [0.5, 0.6) is 0 Å². The molecule has 6 heteroatoms. The summed E-state index contributed by atoms with van der Waals surface area (Å²) in [5, 5.41) is 0. The van der Waals surface area contributed by atoms with Gasteiger partial charge in [-0.25, -0.2) is 0 Å². The normalized spacial score (nSPS) is 24.7. The van der Waals surface area contributed by atoms with Crippen LogP contribution in [0.2, 0.25) is 0 Å². The van der Waals surface area contributed by atoms with Crippen LogP contribution in [-0.4, -0.2) is 47.3 Å². The number of piperidine rings is 1. The second kappa shape index (κ2) is 7.30. The molecule has 2 atom stereocenters. The van der Waals surface area contributed by atoms with Gasteiger partial charge in [0.05, 0.1) is 11.3 Å². The molecule has 2 aliphatic heterocycles. The number of aryl methyl sites for hydroxylation is 1. The molecule has 2 fully saturated rings. The number of likely N-dealkylation sites (tertiary alicyclic amines) is 1. The number of amides is 1. The third-order valence-corrected chi connectivity index (χ3v) is 6.00. The Labute approximate surface area is 149 Å². The summed E-state index contributed by atoms with van der Waals surface area (Å²) >= 11 is 0. The van der Waals surface area contributed by atoms with Gasteiger partial charge in [0.2, 0.25) is 0 Å². The lowest BCUT2D eigenvalue weighted by molar-refractivity contribution is 0.0662. The number of rotatable bonds is 4. The minimum Gasteiger partial charge on any atom is -0.355 e. The van der Waals surface area contributed by atoms with Crippen molar-refractivity contribution < 1.29 is 9.59 Å². The standard InChI is InChI=1S/C19H30N4O2/c1-5-14-10-20-22-18(14)15-6-8-23(9-7-15)19(25)16-11(2)17(13(4)24)21-12(16)3/h14-15,18,20-22H,5-10H2,1-4H3. The van der Waals surface area contributed by atoms with Crippen molar-refractivity contribution in [2.24, 2.45) is 11.8 Å². The average molecular weight is 346 g/mol. The van der Waals surface area contributed by atoms with Crippen LogP contribution >= 0.6 is 0 Å². The van der Waals surface area contributed by atoms with Crippen molar-refractivity contribution in [1.29, 1.82) is 0 Å². The Morgan fingerprint density at radius 3 is 2.44 bits per heavy atom. The number of hydrogen-bond acceptors (Lipinski definition) is 4. The van der Waals surface area contributed by atoms with Gasteiger partial charge >= 0.3 is 0 Å². The number of nitrogens with one attached hydrogen (secondary N) is 3. The maximum atomic E-state index is 13.0. The van der Waals surface area contributed by atoms with Gasteiger partial charge < -0.3 is 9.88 Å². The molecule has 0 saturated carbocycles. The highest BCUT2D eigenvalue weighted by Crippen LogP contribution is 2.29. The van der Waals surface area contributed by atoms with E-state index in [1.54, 1.807) is 0 Å². The van der Waals surface area contributed by atoms with Crippen LogP contribution in [0.4, 0.5) is 0 Å². The van der Waals surface area contributed by atoms with E-state index in [0.29, 0.717) is 29.1 Å². The van der Waals surface area contributed by atoms with Gasteiger partial charge in [0.25, 0.3) is 5.91 Å². The second-order valence-electron chi connectivity index (χ2n) is 7.53. The Morgan fingerprint density at radius 2 is 1.88 bits per heavy atom. The molecule has 25 heavy (non-hydrogen) atoms. The fraction of sp³-hybridized carbons (Fsp3) is 0.684. The van der Waals surface area contributed by atoms with Crippen LogP contribution < -0.4 is 10.9 Å². The zero-order valence-electron chi connectivity index (χ0n) is 15.7. The topological polar surface area (TPSA) is 77.2 Å². The van der Waals surface area contributed by atoms with Crippen molar-refractivity contribution in [3.63, 3.8) is 0 Å². The average Bonchev–Trinajstić information content (AvgIpc) is 3.18. The van der Waals surface area contributed by atoms with Crippen LogP contribution in [0.25, 0.3) is 0 Å². The number of hydrogen-bond donors (Lipinski definition) is 3. The summed E-state index contributed by atoms with van der Waals surface area (Å²) in [4.78, 5) is 29.7. The Morgan fingerprint density at radius 1 is 1.20 bits per heavy atom. The molecule has 3 N–H and O–H groups in total. The van der Waals surface area contributed by atoms with Crippen molar-refractivity contribution in [3.8, 4) is 0 Å². The van der Waals surface area contributed by atoms with E-state index in [2.05, 4.69) is 22.8 Å². The van der Waals surface area contributed by atoms with Crippen molar-refractivity contribution >= 4 is 11.7 Å². The van der Waals surface area contributed by atoms with E-state index < -0.39 is 0 Å². The molecule has 0 aromatic carbocycles. The molecule has 2 unspecified atom stereocenters. The lowest BCUT2D eigenvalue weighted by Gasteiger charge is -2.36. The highest BCUT2D eigenvalue weighted by atomic mass is 16.2. The number of nitrogens with zero attached hydrogens (tertiary/aromatic N) is 1. The minimum absolute atomic E-state index is 0.0243. The predicted octanol–water partition coefficient (Wildman–Crippen LogP) is 2.19. The van der Waals surface area contributed by atoms with Crippen LogP contribution in [-0.2, 0) is 0 Å². The smallest absolute Gasteiger partial charge is 0.255 e. The summed E-state index contributed by atoms with van der Waals surface area (Å²) in [6.07, 6.45) is 3.24. The van der Waals surface area contributed by atoms with Gasteiger partial charge in [0.1, 0.15) is 0 Å². The van der Waals surface area contributed by atoms with Crippen molar-refractivity contribution in [3.05, 3.63) is 22.5 Å². The summed E-state index contributed by atoms with van der Waals surface area (Å²) in [6.45, 7) is 10.1. The molecular formula is C19H30N4O2. The number of carbonyl (C=O) groups excluding carboxylic acids is 2. The first-order valence-corrected chi connectivity index (χ1v) is 9.41. The Balaban J connectivity index is 1.67. The number of carbonyl (C=O) groups is 2. The molecule has 0 spiro atoms. The molecule has 1 aromatic heterocycles. The Hall–Kier alpha value is -1.66. The molecule has 6 nitrogen and oxygen atoms in total. The Kier molecular flexibility index (Phi) is 5.29. The highest BCUT2D eigenvalue weighted by Gasteiger charge is 2.36. The number of ketones is 1. The molecule has 2 aliphatic rings. The van der Waals surface area contributed by atoms with Gasteiger partial charge in [-0.05, 0) is 44.1 Å². The summed E-state index contributed by atoms with van der Waals surface area (Å²) < 4.78 is 0. The van der Waals surface area contributed by atoms with E-state index in [-0.39, 0.29) is 11.7 Å².